The summed E-state index contributed by atoms with van der Waals surface area (Å²) in [5.74, 6) is -0.503. The minimum absolute atomic E-state index is 0.124. The number of morpholine rings is 1. The van der Waals surface area contributed by atoms with E-state index in [4.69, 9.17) is 9.47 Å². The first-order valence-electron chi connectivity index (χ1n) is 6.74. The van der Waals surface area contributed by atoms with Crippen LogP contribution in [-0.4, -0.2) is 45.9 Å². The fourth-order valence-electron chi connectivity index (χ4n) is 2.21. The summed E-state index contributed by atoms with van der Waals surface area (Å²) in [5.41, 5.74) is -0.142. The molecule has 1 aromatic carbocycles. The first kappa shape index (κ1) is 16.6. The van der Waals surface area contributed by atoms with E-state index in [0.29, 0.717) is 32.0 Å². The molecule has 122 valence electrons. The lowest BCUT2D eigenvalue weighted by Crippen LogP contribution is -2.37. The highest BCUT2D eigenvalue weighted by Gasteiger charge is 2.31. The van der Waals surface area contributed by atoms with E-state index in [0.717, 1.165) is 12.1 Å². The number of benzene rings is 1. The number of rotatable bonds is 4. The van der Waals surface area contributed by atoms with Crippen molar-refractivity contribution in [2.45, 2.75) is 6.18 Å². The van der Waals surface area contributed by atoms with E-state index in [2.05, 4.69) is 5.32 Å². The Bertz CT molecular complexity index is 529. The maximum atomic E-state index is 12.9. The molecule has 2 rings (SSSR count). The van der Waals surface area contributed by atoms with E-state index in [1.807, 2.05) is 4.90 Å². The van der Waals surface area contributed by atoms with E-state index in [1.165, 1.54) is 13.2 Å². The fraction of sp³-hybridized carbons (Fsp3) is 0.500. The quantitative estimate of drug-likeness (QED) is 0.924. The van der Waals surface area contributed by atoms with Crippen molar-refractivity contribution in [3.63, 3.8) is 0 Å². The number of hydrogen-bond acceptors (Lipinski definition) is 4. The number of carbonyl (C=O) groups is 1. The van der Waals surface area contributed by atoms with Gasteiger partial charge in [0.15, 0.2) is 0 Å². The molecule has 1 fully saturated rings. The summed E-state index contributed by atoms with van der Waals surface area (Å²) in [6, 6.07) is 3.33. The van der Waals surface area contributed by atoms with Crippen LogP contribution in [0.5, 0.6) is 0 Å². The highest BCUT2D eigenvalue weighted by atomic mass is 19.4. The zero-order valence-electron chi connectivity index (χ0n) is 12.1. The fourth-order valence-corrected chi connectivity index (χ4v) is 2.21. The molecule has 0 atom stereocenters. The van der Waals surface area contributed by atoms with E-state index >= 15 is 0 Å². The van der Waals surface area contributed by atoms with Crippen LogP contribution in [0.25, 0.3) is 0 Å². The van der Waals surface area contributed by atoms with Gasteiger partial charge in [-0.3, -0.25) is 4.79 Å². The summed E-state index contributed by atoms with van der Waals surface area (Å²) in [6.45, 7) is 1.87. The molecular weight excluding hydrogens is 301 g/mol. The van der Waals surface area contributed by atoms with Gasteiger partial charge in [-0.15, -0.1) is 0 Å². The van der Waals surface area contributed by atoms with Crippen molar-refractivity contribution in [1.29, 1.82) is 0 Å². The van der Waals surface area contributed by atoms with Crippen molar-refractivity contribution in [2.24, 2.45) is 0 Å². The average Bonchev–Trinajstić information content (AvgIpc) is 2.47. The molecule has 0 spiro atoms. The van der Waals surface area contributed by atoms with Gasteiger partial charge in [0.05, 0.1) is 30.2 Å². The molecule has 1 amide bonds. The number of alkyl halides is 3. The van der Waals surface area contributed by atoms with Crippen molar-refractivity contribution in [1.82, 2.24) is 0 Å². The molecule has 1 aliphatic rings. The third-order valence-electron chi connectivity index (χ3n) is 3.23. The summed E-state index contributed by atoms with van der Waals surface area (Å²) in [7, 11) is 1.34. The molecule has 0 aromatic heterocycles. The highest BCUT2D eigenvalue weighted by Crippen LogP contribution is 2.35. The van der Waals surface area contributed by atoms with Gasteiger partial charge in [-0.05, 0) is 18.2 Å². The van der Waals surface area contributed by atoms with Crippen LogP contribution in [0.4, 0.5) is 24.5 Å². The number of halogens is 3. The molecule has 1 heterocycles. The van der Waals surface area contributed by atoms with E-state index < -0.39 is 17.6 Å². The minimum Gasteiger partial charge on any atom is -0.378 e. The second kappa shape index (κ2) is 6.97. The lowest BCUT2D eigenvalue weighted by molar-refractivity contribution is -0.137. The normalized spacial score (nSPS) is 15.7. The molecule has 1 aliphatic heterocycles. The van der Waals surface area contributed by atoms with Crippen LogP contribution < -0.4 is 10.2 Å². The zero-order valence-corrected chi connectivity index (χ0v) is 12.1. The number of anilines is 2. The Kier molecular flexibility index (Phi) is 5.25. The number of carbonyl (C=O) groups excluding carboxylic acids is 1. The van der Waals surface area contributed by atoms with Gasteiger partial charge in [-0.2, -0.15) is 13.2 Å². The van der Waals surface area contributed by atoms with Gasteiger partial charge in [0, 0.05) is 20.2 Å². The Morgan fingerprint density at radius 3 is 2.64 bits per heavy atom. The van der Waals surface area contributed by atoms with Crippen molar-refractivity contribution in [3.8, 4) is 0 Å². The molecule has 8 heteroatoms. The Labute approximate surface area is 126 Å². The predicted octanol–water partition coefficient (Wildman–Crippen LogP) is 2.13. The predicted molar refractivity (Wildman–Crippen MR) is 75.0 cm³/mol. The van der Waals surface area contributed by atoms with Crippen LogP contribution in [0.3, 0.4) is 0 Å². The molecule has 1 aromatic rings. The monoisotopic (exact) mass is 318 g/mol. The molecule has 0 bridgehead atoms. The second-order valence-corrected chi connectivity index (χ2v) is 4.81. The standard InChI is InChI=1S/C14H17F3N2O3/c1-21-9-13(20)18-11-8-10(14(15,16)17)2-3-12(11)19-4-6-22-7-5-19/h2-3,8H,4-7,9H2,1H3,(H,18,20). The van der Waals surface area contributed by atoms with Crippen molar-refractivity contribution >= 4 is 17.3 Å². The van der Waals surface area contributed by atoms with Gasteiger partial charge < -0.3 is 19.7 Å². The third kappa shape index (κ3) is 4.11. The van der Waals surface area contributed by atoms with E-state index in [1.54, 1.807) is 0 Å². The second-order valence-electron chi connectivity index (χ2n) is 4.81. The van der Waals surface area contributed by atoms with Crippen LogP contribution in [0.15, 0.2) is 18.2 Å². The Morgan fingerprint density at radius 1 is 1.36 bits per heavy atom. The Hall–Kier alpha value is -1.80. The minimum atomic E-state index is -4.47. The summed E-state index contributed by atoms with van der Waals surface area (Å²) < 4.78 is 48.5. The van der Waals surface area contributed by atoms with Gasteiger partial charge in [-0.25, -0.2) is 0 Å². The zero-order chi connectivity index (χ0) is 16.2. The highest BCUT2D eigenvalue weighted by molar-refractivity contribution is 5.95. The summed E-state index contributed by atoms with van der Waals surface area (Å²) >= 11 is 0. The number of methoxy groups -OCH3 is 1. The lowest BCUT2D eigenvalue weighted by Gasteiger charge is -2.31. The number of ether oxygens (including phenoxy) is 2. The van der Waals surface area contributed by atoms with Crippen LogP contribution in [-0.2, 0) is 20.4 Å². The maximum Gasteiger partial charge on any atom is 0.416 e. The summed E-state index contributed by atoms with van der Waals surface area (Å²) in [5, 5.41) is 2.47. The van der Waals surface area contributed by atoms with Crippen LogP contribution in [0.2, 0.25) is 0 Å². The van der Waals surface area contributed by atoms with Crippen LogP contribution >= 0.6 is 0 Å². The first-order chi connectivity index (χ1) is 10.4. The van der Waals surface area contributed by atoms with Gasteiger partial charge in [0.1, 0.15) is 6.61 Å². The molecule has 0 saturated carbocycles. The van der Waals surface area contributed by atoms with Crippen LogP contribution in [0.1, 0.15) is 5.56 Å². The largest absolute Gasteiger partial charge is 0.416 e. The molecule has 0 radical (unpaired) electrons. The maximum absolute atomic E-state index is 12.9. The van der Waals surface area contributed by atoms with Crippen molar-refractivity contribution < 1.29 is 27.4 Å². The topological polar surface area (TPSA) is 50.8 Å². The van der Waals surface area contributed by atoms with Crippen molar-refractivity contribution in [3.05, 3.63) is 23.8 Å². The van der Waals surface area contributed by atoms with E-state index in [-0.39, 0.29) is 12.3 Å². The van der Waals surface area contributed by atoms with Crippen molar-refractivity contribution in [2.75, 3.05) is 50.2 Å². The van der Waals surface area contributed by atoms with Gasteiger partial charge in [0.25, 0.3) is 0 Å². The lowest BCUT2D eigenvalue weighted by atomic mass is 10.1. The van der Waals surface area contributed by atoms with E-state index in [9.17, 15) is 18.0 Å². The Morgan fingerprint density at radius 2 is 2.05 bits per heavy atom. The molecular formula is C14H17F3N2O3. The Balaban J connectivity index is 2.32. The number of amides is 1. The van der Waals surface area contributed by atoms with Crippen LogP contribution in [0, 0.1) is 0 Å². The van der Waals surface area contributed by atoms with Gasteiger partial charge >= 0.3 is 6.18 Å². The smallest absolute Gasteiger partial charge is 0.378 e. The molecule has 0 unspecified atom stereocenters. The average molecular weight is 318 g/mol. The SMILES string of the molecule is COCC(=O)Nc1cc(C(F)(F)F)ccc1N1CCOCC1. The van der Waals surface area contributed by atoms with Gasteiger partial charge in [0.2, 0.25) is 5.91 Å². The third-order valence-corrected chi connectivity index (χ3v) is 3.23. The molecule has 1 N–H and O–H groups in total. The first-order valence-corrected chi connectivity index (χ1v) is 6.74. The number of nitrogens with zero attached hydrogens (tertiary/aromatic N) is 1. The molecule has 22 heavy (non-hydrogen) atoms. The molecule has 5 nitrogen and oxygen atoms in total. The summed E-state index contributed by atoms with van der Waals surface area (Å²) in [6.07, 6.45) is -4.47. The molecule has 1 saturated heterocycles. The number of hydrogen-bond donors (Lipinski definition) is 1. The van der Waals surface area contributed by atoms with Gasteiger partial charge in [-0.1, -0.05) is 0 Å². The molecule has 0 aliphatic carbocycles. The number of nitrogens with one attached hydrogen (secondary N) is 1. The summed E-state index contributed by atoms with van der Waals surface area (Å²) in [4.78, 5) is 13.5.